The largest absolute Gasteiger partial charge is 0.399 e. The number of hydrogen-bond acceptors (Lipinski definition) is 5. The highest BCUT2D eigenvalue weighted by Gasteiger charge is 2.07. The highest BCUT2D eigenvalue weighted by molar-refractivity contribution is 5.68. The maximum atomic E-state index is 5.72. The van der Waals surface area contributed by atoms with Gasteiger partial charge in [0.25, 0.3) is 5.89 Å². The van der Waals surface area contributed by atoms with Crippen molar-refractivity contribution in [2.75, 3.05) is 5.73 Å². The van der Waals surface area contributed by atoms with Crippen molar-refractivity contribution in [3.8, 4) is 11.4 Å². The number of aryl methyl sites for hydroxylation is 1. The van der Waals surface area contributed by atoms with Crippen LogP contribution in [0.25, 0.3) is 23.5 Å². The molecule has 1 aromatic carbocycles. The second kappa shape index (κ2) is 5.00. The molecule has 2 heterocycles. The Morgan fingerprint density at radius 2 is 2.20 bits per heavy atom. The van der Waals surface area contributed by atoms with Crippen molar-refractivity contribution in [1.29, 1.82) is 0 Å². The zero-order chi connectivity index (χ0) is 13.9. The summed E-state index contributed by atoms with van der Waals surface area (Å²) in [5, 5.41) is 7.98. The summed E-state index contributed by atoms with van der Waals surface area (Å²) in [6, 6.07) is 7.55. The van der Waals surface area contributed by atoms with Crippen LogP contribution in [-0.2, 0) is 7.05 Å². The number of benzene rings is 1. The molecule has 0 aliphatic rings. The molecule has 0 radical (unpaired) electrons. The van der Waals surface area contributed by atoms with E-state index in [1.807, 2.05) is 43.6 Å². The van der Waals surface area contributed by atoms with Crippen LogP contribution in [0.2, 0.25) is 0 Å². The number of nitrogens with zero attached hydrogens (tertiary/aromatic N) is 4. The lowest BCUT2D eigenvalue weighted by Gasteiger charge is -1.94. The number of nitrogen functional groups attached to an aromatic ring is 1. The van der Waals surface area contributed by atoms with E-state index in [1.165, 1.54) is 0 Å². The van der Waals surface area contributed by atoms with E-state index in [-0.39, 0.29) is 0 Å². The van der Waals surface area contributed by atoms with E-state index in [9.17, 15) is 0 Å². The smallest absolute Gasteiger partial charge is 0.250 e. The van der Waals surface area contributed by atoms with Gasteiger partial charge in [-0.25, -0.2) is 0 Å². The second-order valence-corrected chi connectivity index (χ2v) is 4.36. The van der Waals surface area contributed by atoms with Gasteiger partial charge < -0.3 is 10.3 Å². The summed E-state index contributed by atoms with van der Waals surface area (Å²) >= 11 is 0. The first kappa shape index (κ1) is 12.2. The standard InChI is InChI=1S/C14H13N5O/c1-19-9-11(8-16-19)14-17-13(20-18-14)6-5-10-3-2-4-12(15)7-10/h2-9H,15H2,1H3/b6-5+. The lowest BCUT2D eigenvalue weighted by Crippen LogP contribution is -1.84. The number of hydrogen-bond donors (Lipinski definition) is 1. The molecule has 3 aromatic rings. The summed E-state index contributed by atoms with van der Waals surface area (Å²) in [6.45, 7) is 0. The summed E-state index contributed by atoms with van der Waals surface area (Å²) in [5.74, 6) is 0.955. The third kappa shape index (κ3) is 2.59. The van der Waals surface area contributed by atoms with E-state index in [1.54, 1.807) is 17.0 Å². The Bertz CT molecular complexity index is 756. The second-order valence-electron chi connectivity index (χ2n) is 4.36. The number of aromatic nitrogens is 4. The van der Waals surface area contributed by atoms with Crippen molar-refractivity contribution in [3.63, 3.8) is 0 Å². The Morgan fingerprint density at radius 3 is 2.95 bits per heavy atom. The van der Waals surface area contributed by atoms with E-state index < -0.39 is 0 Å². The van der Waals surface area contributed by atoms with Crippen molar-refractivity contribution < 1.29 is 4.52 Å². The number of anilines is 1. The van der Waals surface area contributed by atoms with Gasteiger partial charge in [-0.2, -0.15) is 10.1 Å². The van der Waals surface area contributed by atoms with Crippen LogP contribution in [-0.4, -0.2) is 19.9 Å². The lowest BCUT2D eigenvalue weighted by atomic mass is 10.2. The van der Waals surface area contributed by atoms with Crippen molar-refractivity contribution in [1.82, 2.24) is 19.9 Å². The molecule has 20 heavy (non-hydrogen) atoms. The molecule has 2 aromatic heterocycles. The molecular weight excluding hydrogens is 254 g/mol. The SMILES string of the molecule is Cn1cc(-c2noc(/C=C/c3cccc(N)c3)n2)cn1. The van der Waals surface area contributed by atoms with Crippen LogP contribution in [0, 0.1) is 0 Å². The highest BCUT2D eigenvalue weighted by Crippen LogP contribution is 2.16. The molecule has 0 saturated heterocycles. The first-order valence-electron chi connectivity index (χ1n) is 6.07. The molecule has 0 amide bonds. The van der Waals surface area contributed by atoms with Crippen molar-refractivity contribution in [2.24, 2.45) is 7.05 Å². The van der Waals surface area contributed by atoms with Gasteiger partial charge in [-0.15, -0.1) is 0 Å². The normalized spacial score (nSPS) is 11.2. The number of rotatable bonds is 3. The third-order valence-electron chi connectivity index (χ3n) is 2.73. The monoisotopic (exact) mass is 267 g/mol. The van der Waals surface area contributed by atoms with Crippen molar-refractivity contribution in [3.05, 3.63) is 48.1 Å². The van der Waals surface area contributed by atoms with Gasteiger partial charge in [0.15, 0.2) is 0 Å². The van der Waals surface area contributed by atoms with E-state index in [0.717, 1.165) is 11.1 Å². The van der Waals surface area contributed by atoms with Crippen LogP contribution in [0.15, 0.2) is 41.2 Å². The highest BCUT2D eigenvalue weighted by atomic mass is 16.5. The maximum absolute atomic E-state index is 5.72. The quantitative estimate of drug-likeness (QED) is 0.736. The van der Waals surface area contributed by atoms with E-state index in [4.69, 9.17) is 10.3 Å². The molecule has 100 valence electrons. The summed E-state index contributed by atoms with van der Waals surface area (Å²) in [5.41, 5.74) is 8.23. The van der Waals surface area contributed by atoms with Gasteiger partial charge in [0.05, 0.1) is 11.8 Å². The Labute approximate surface area is 115 Å². The summed E-state index contributed by atoms with van der Waals surface area (Å²) in [7, 11) is 1.84. The molecule has 0 saturated carbocycles. The first-order valence-corrected chi connectivity index (χ1v) is 6.07. The van der Waals surface area contributed by atoms with E-state index in [0.29, 0.717) is 17.4 Å². The minimum atomic E-state index is 0.436. The molecule has 0 spiro atoms. The minimum Gasteiger partial charge on any atom is -0.399 e. The van der Waals surface area contributed by atoms with Crippen molar-refractivity contribution in [2.45, 2.75) is 0 Å². The molecule has 0 fully saturated rings. The summed E-state index contributed by atoms with van der Waals surface area (Å²) < 4.78 is 6.85. The third-order valence-corrected chi connectivity index (χ3v) is 2.73. The predicted molar refractivity (Wildman–Crippen MR) is 76.3 cm³/mol. The molecule has 6 heteroatoms. The lowest BCUT2D eigenvalue weighted by molar-refractivity contribution is 0.411. The minimum absolute atomic E-state index is 0.436. The molecule has 0 bridgehead atoms. The molecule has 6 nitrogen and oxygen atoms in total. The van der Waals surface area contributed by atoms with E-state index >= 15 is 0 Å². The Hall–Kier alpha value is -2.89. The van der Waals surface area contributed by atoms with E-state index in [2.05, 4.69) is 15.2 Å². The van der Waals surface area contributed by atoms with Crippen LogP contribution in [0.5, 0.6) is 0 Å². The summed E-state index contributed by atoms with van der Waals surface area (Å²) in [6.07, 6.45) is 7.14. The molecule has 2 N–H and O–H groups in total. The molecule has 0 aliphatic heterocycles. The first-order chi connectivity index (χ1) is 9.70. The topological polar surface area (TPSA) is 82.8 Å². The van der Waals surface area contributed by atoms with Crippen LogP contribution in [0.3, 0.4) is 0 Å². The molecular formula is C14H13N5O. The molecule has 0 aliphatic carbocycles. The van der Waals surface area contributed by atoms with Crippen LogP contribution in [0.4, 0.5) is 5.69 Å². The molecule has 0 atom stereocenters. The maximum Gasteiger partial charge on any atom is 0.250 e. The average molecular weight is 267 g/mol. The molecule has 3 rings (SSSR count). The van der Waals surface area contributed by atoms with Gasteiger partial charge in [0, 0.05) is 25.0 Å². The van der Waals surface area contributed by atoms with Gasteiger partial charge in [-0.3, -0.25) is 4.68 Å². The number of nitrogens with two attached hydrogens (primary N) is 1. The van der Waals surface area contributed by atoms with Crippen LogP contribution < -0.4 is 5.73 Å². The Morgan fingerprint density at radius 1 is 1.30 bits per heavy atom. The zero-order valence-corrected chi connectivity index (χ0v) is 10.9. The van der Waals surface area contributed by atoms with Gasteiger partial charge in [0.2, 0.25) is 5.82 Å². The summed E-state index contributed by atoms with van der Waals surface area (Å²) in [4.78, 5) is 4.28. The van der Waals surface area contributed by atoms with Gasteiger partial charge >= 0.3 is 0 Å². The fourth-order valence-electron chi connectivity index (χ4n) is 1.79. The average Bonchev–Trinajstić information content (AvgIpc) is 3.05. The van der Waals surface area contributed by atoms with Gasteiger partial charge in [-0.05, 0) is 23.8 Å². The fourth-order valence-corrected chi connectivity index (χ4v) is 1.79. The van der Waals surface area contributed by atoms with Crippen LogP contribution >= 0.6 is 0 Å². The Kier molecular flexibility index (Phi) is 3.04. The van der Waals surface area contributed by atoms with Gasteiger partial charge in [0.1, 0.15) is 0 Å². The predicted octanol–water partition coefficient (Wildman–Crippen LogP) is 2.22. The fraction of sp³-hybridized carbons (Fsp3) is 0.0714. The van der Waals surface area contributed by atoms with Crippen molar-refractivity contribution >= 4 is 17.8 Å². The molecule has 0 unspecified atom stereocenters. The zero-order valence-electron chi connectivity index (χ0n) is 10.9. The van der Waals surface area contributed by atoms with Crippen LogP contribution in [0.1, 0.15) is 11.5 Å². The Balaban J connectivity index is 1.80. The van der Waals surface area contributed by atoms with Gasteiger partial charge in [-0.1, -0.05) is 17.3 Å².